The summed E-state index contributed by atoms with van der Waals surface area (Å²) in [5.41, 5.74) is 1.19. The van der Waals surface area contributed by atoms with Crippen molar-refractivity contribution >= 4 is 33.5 Å². The molecule has 88 valence electrons. The van der Waals surface area contributed by atoms with Gasteiger partial charge in [0.2, 0.25) is 0 Å². The van der Waals surface area contributed by atoms with Crippen molar-refractivity contribution in [2.75, 3.05) is 0 Å². The fourth-order valence-electron chi connectivity index (χ4n) is 1.32. The van der Waals surface area contributed by atoms with Crippen molar-refractivity contribution in [1.29, 1.82) is 0 Å². The maximum Gasteiger partial charge on any atom is 0.355 e. The number of nitrogens with one attached hydrogen (secondary N) is 1. The van der Waals surface area contributed by atoms with Gasteiger partial charge in [-0.15, -0.1) is 0 Å². The van der Waals surface area contributed by atoms with Gasteiger partial charge in [-0.25, -0.2) is 4.79 Å². The summed E-state index contributed by atoms with van der Waals surface area (Å²) >= 11 is 9.20. The molecule has 0 amide bonds. The Hall–Kier alpha value is -1.26. The lowest BCUT2D eigenvalue weighted by atomic mass is 10.2. The van der Waals surface area contributed by atoms with Crippen molar-refractivity contribution in [2.24, 2.45) is 0 Å². The van der Waals surface area contributed by atoms with Gasteiger partial charge in [0, 0.05) is 21.3 Å². The van der Waals surface area contributed by atoms with Gasteiger partial charge in [0.1, 0.15) is 12.3 Å². The first-order valence-corrected chi connectivity index (χ1v) is 6.08. The number of carbonyl (C=O) groups is 1. The number of hydrogen-bond acceptors (Lipinski definition) is 2. The molecule has 0 aliphatic heterocycles. The second-order valence-electron chi connectivity index (χ2n) is 3.40. The van der Waals surface area contributed by atoms with E-state index >= 15 is 0 Å². The van der Waals surface area contributed by atoms with Crippen molar-refractivity contribution in [1.82, 2.24) is 4.98 Å². The normalized spacial score (nSPS) is 10.2. The van der Waals surface area contributed by atoms with Gasteiger partial charge >= 0.3 is 5.97 Å². The van der Waals surface area contributed by atoms with Gasteiger partial charge in [0.05, 0.1) is 0 Å². The highest BCUT2D eigenvalue weighted by Gasteiger charge is 2.10. The van der Waals surface area contributed by atoms with E-state index in [0.717, 1.165) is 10.0 Å². The minimum atomic E-state index is -0.407. The van der Waals surface area contributed by atoms with Gasteiger partial charge in [0.15, 0.2) is 0 Å². The molecule has 2 aromatic rings. The topological polar surface area (TPSA) is 42.1 Å². The molecule has 3 nitrogen and oxygen atoms in total. The smallest absolute Gasteiger partial charge is 0.355 e. The molecular weight excluding hydrogens is 305 g/mol. The molecule has 0 fully saturated rings. The van der Waals surface area contributed by atoms with Gasteiger partial charge < -0.3 is 9.72 Å². The van der Waals surface area contributed by atoms with Gasteiger partial charge in [-0.1, -0.05) is 29.8 Å². The van der Waals surface area contributed by atoms with Crippen LogP contribution in [0.3, 0.4) is 0 Å². The lowest BCUT2D eigenvalue weighted by Gasteiger charge is -2.05. The molecule has 1 heterocycles. The summed E-state index contributed by atoms with van der Waals surface area (Å²) in [7, 11) is 0. The van der Waals surface area contributed by atoms with Gasteiger partial charge in [-0.2, -0.15) is 0 Å². The van der Waals surface area contributed by atoms with Crippen LogP contribution in [0, 0.1) is 0 Å². The highest BCUT2D eigenvalue weighted by molar-refractivity contribution is 9.10. The fourth-order valence-corrected chi connectivity index (χ4v) is 1.86. The highest BCUT2D eigenvalue weighted by atomic mass is 79.9. The second-order valence-corrected chi connectivity index (χ2v) is 4.72. The van der Waals surface area contributed by atoms with Gasteiger partial charge in [0.25, 0.3) is 0 Å². The van der Waals surface area contributed by atoms with Crippen molar-refractivity contribution in [2.45, 2.75) is 6.61 Å². The Labute approximate surface area is 112 Å². The molecule has 0 atom stereocenters. The quantitative estimate of drug-likeness (QED) is 0.876. The van der Waals surface area contributed by atoms with Crippen LogP contribution in [0.4, 0.5) is 0 Å². The molecule has 1 N–H and O–H groups in total. The van der Waals surface area contributed by atoms with E-state index in [1.807, 2.05) is 18.2 Å². The predicted octanol–water partition coefficient (Wildman–Crippen LogP) is 3.79. The van der Waals surface area contributed by atoms with E-state index < -0.39 is 5.97 Å². The molecule has 0 radical (unpaired) electrons. The molecule has 0 aliphatic rings. The molecule has 5 heteroatoms. The number of rotatable bonds is 3. The first kappa shape index (κ1) is 12.2. The zero-order valence-electron chi connectivity index (χ0n) is 8.74. The number of esters is 1. The molecule has 0 saturated carbocycles. The Bertz CT molecular complexity index is 539. The number of benzene rings is 1. The largest absolute Gasteiger partial charge is 0.456 e. The molecule has 1 aromatic carbocycles. The first-order valence-electron chi connectivity index (χ1n) is 4.91. The van der Waals surface area contributed by atoms with Crippen LogP contribution in [0.5, 0.6) is 0 Å². The minimum absolute atomic E-state index is 0.162. The summed E-state index contributed by atoms with van der Waals surface area (Å²) in [6, 6.07) is 8.92. The maximum absolute atomic E-state index is 11.6. The molecule has 0 aliphatic carbocycles. The number of H-pyrrole nitrogens is 1. The second kappa shape index (κ2) is 5.38. The van der Waals surface area contributed by atoms with Crippen LogP contribution in [-0.2, 0) is 11.3 Å². The Balaban J connectivity index is 1.99. The van der Waals surface area contributed by atoms with E-state index in [2.05, 4.69) is 20.9 Å². The summed E-state index contributed by atoms with van der Waals surface area (Å²) in [5.74, 6) is -0.407. The molecular formula is C12H9BrClNO2. The Morgan fingerprint density at radius 1 is 1.41 bits per heavy atom. The number of ether oxygens (including phenoxy) is 1. The van der Waals surface area contributed by atoms with Crippen LogP contribution in [0.25, 0.3) is 0 Å². The number of carbonyl (C=O) groups excluding carboxylic acids is 1. The molecule has 1 aromatic heterocycles. The van der Waals surface area contributed by atoms with E-state index in [0.29, 0.717) is 10.7 Å². The standard InChI is InChI=1S/C12H9BrClNO2/c13-9-5-11(15-6-9)12(16)17-7-8-3-1-2-4-10(8)14/h1-6,15H,7H2. The van der Waals surface area contributed by atoms with Crippen LogP contribution in [0.15, 0.2) is 41.0 Å². The van der Waals surface area contributed by atoms with E-state index in [1.165, 1.54) is 0 Å². The monoisotopic (exact) mass is 313 g/mol. The number of aromatic nitrogens is 1. The zero-order valence-corrected chi connectivity index (χ0v) is 11.1. The summed E-state index contributed by atoms with van der Waals surface area (Å²) in [6.45, 7) is 0.162. The Morgan fingerprint density at radius 3 is 2.82 bits per heavy atom. The lowest BCUT2D eigenvalue weighted by Crippen LogP contribution is -2.05. The molecule has 0 bridgehead atoms. The van der Waals surface area contributed by atoms with Crippen molar-refractivity contribution in [3.05, 3.63) is 57.3 Å². The van der Waals surface area contributed by atoms with E-state index in [-0.39, 0.29) is 6.61 Å². The predicted molar refractivity (Wildman–Crippen MR) is 69.1 cm³/mol. The molecule has 0 unspecified atom stereocenters. The maximum atomic E-state index is 11.6. The fraction of sp³-hybridized carbons (Fsp3) is 0.0833. The first-order chi connectivity index (χ1) is 8.16. The summed E-state index contributed by atoms with van der Waals surface area (Å²) in [5, 5.41) is 0.591. The van der Waals surface area contributed by atoms with Crippen LogP contribution >= 0.6 is 27.5 Å². The molecule has 0 spiro atoms. The van der Waals surface area contributed by atoms with Crippen LogP contribution in [0.2, 0.25) is 5.02 Å². The minimum Gasteiger partial charge on any atom is -0.456 e. The third kappa shape index (κ3) is 3.11. The zero-order chi connectivity index (χ0) is 12.3. The third-order valence-electron chi connectivity index (χ3n) is 2.18. The van der Waals surface area contributed by atoms with Crippen molar-refractivity contribution in [3.63, 3.8) is 0 Å². The number of hydrogen-bond donors (Lipinski definition) is 1. The molecule has 0 saturated heterocycles. The van der Waals surface area contributed by atoms with Crippen molar-refractivity contribution < 1.29 is 9.53 Å². The summed E-state index contributed by atoms with van der Waals surface area (Å²) < 4.78 is 5.94. The van der Waals surface area contributed by atoms with E-state index in [9.17, 15) is 4.79 Å². The van der Waals surface area contributed by atoms with Gasteiger partial charge in [-0.05, 0) is 28.1 Å². The molecule has 17 heavy (non-hydrogen) atoms. The number of aromatic amines is 1. The Morgan fingerprint density at radius 2 is 2.18 bits per heavy atom. The van der Waals surface area contributed by atoms with Crippen LogP contribution in [0.1, 0.15) is 16.1 Å². The van der Waals surface area contributed by atoms with Gasteiger partial charge in [-0.3, -0.25) is 0 Å². The van der Waals surface area contributed by atoms with Crippen molar-refractivity contribution in [3.8, 4) is 0 Å². The summed E-state index contributed by atoms with van der Waals surface area (Å²) in [6.07, 6.45) is 1.67. The SMILES string of the molecule is O=C(OCc1ccccc1Cl)c1cc(Br)c[nH]1. The highest BCUT2D eigenvalue weighted by Crippen LogP contribution is 2.17. The third-order valence-corrected chi connectivity index (χ3v) is 3.01. The Kier molecular flexibility index (Phi) is 3.86. The van der Waals surface area contributed by atoms with E-state index in [1.54, 1.807) is 18.3 Å². The lowest BCUT2D eigenvalue weighted by molar-refractivity contribution is 0.0466. The average molecular weight is 315 g/mol. The molecule has 2 rings (SSSR count). The van der Waals surface area contributed by atoms with Crippen LogP contribution < -0.4 is 0 Å². The summed E-state index contributed by atoms with van der Waals surface area (Å²) in [4.78, 5) is 14.4. The van der Waals surface area contributed by atoms with E-state index in [4.69, 9.17) is 16.3 Å². The average Bonchev–Trinajstić information content (AvgIpc) is 2.74. The van der Waals surface area contributed by atoms with Crippen LogP contribution in [-0.4, -0.2) is 11.0 Å². The number of halogens is 2.